The van der Waals surface area contributed by atoms with E-state index in [1.807, 2.05) is 0 Å². The molecule has 0 spiro atoms. The molecule has 2 aromatic rings. The van der Waals surface area contributed by atoms with Crippen LogP contribution in [0.3, 0.4) is 0 Å². The molecule has 0 radical (unpaired) electrons. The molecule has 1 heterocycles. The molecule has 7 heteroatoms. The van der Waals surface area contributed by atoms with E-state index >= 15 is 0 Å². The van der Waals surface area contributed by atoms with Gasteiger partial charge in [-0.3, -0.25) is 0 Å². The molecule has 104 valence electrons. The highest BCUT2D eigenvalue weighted by atomic mass is 35.5. The first-order valence-corrected chi connectivity index (χ1v) is 8.01. The fourth-order valence-electron chi connectivity index (χ4n) is 1.80. The first-order chi connectivity index (χ1) is 8.63. The summed E-state index contributed by atoms with van der Waals surface area (Å²) in [5.74, 6) is 0. The van der Waals surface area contributed by atoms with E-state index in [2.05, 4.69) is 9.97 Å². The maximum absolute atomic E-state index is 11.8. The van der Waals surface area contributed by atoms with Crippen LogP contribution in [0.25, 0.3) is 11.0 Å². The minimum atomic E-state index is -3.31. The lowest BCUT2D eigenvalue weighted by atomic mass is 10.0. The van der Waals surface area contributed by atoms with Crippen molar-refractivity contribution in [2.24, 2.45) is 0 Å². The van der Waals surface area contributed by atoms with Gasteiger partial charge in [-0.15, -0.1) is 11.6 Å². The first-order valence-electron chi connectivity index (χ1n) is 5.68. The summed E-state index contributed by atoms with van der Waals surface area (Å²) in [6, 6.07) is 5.12. The van der Waals surface area contributed by atoms with Crippen molar-refractivity contribution >= 4 is 32.5 Å². The Labute approximate surface area is 115 Å². The lowest BCUT2D eigenvalue weighted by Crippen LogP contribution is -2.35. The minimum Gasteiger partial charge on any atom is -0.306 e. The van der Waals surface area contributed by atoms with Crippen LogP contribution in [0.15, 0.2) is 23.0 Å². The topological polar surface area (TPSA) is 82.8 Å². The lowest BCUT2D eigenvalue weighted by Gasteiger charge is -2.28. The third-order valence-corrected chi connectivity index (χ3v) is 6.47. The van der Waals surface area contributed by atoms with Gasteiger partial charge >= 0.3 is 5.69 Å². The summed E-state index contributed by atoms with van der Waals surface area (Å²) in [5.41, 5.74) is 1.62. The summed E-state index contributed by atoms with van der Waals surface area (Å²) in [5, 5.41) is -0.703. The number of benzene rings is 1. The fourth-order valence-corrected chi connectivity index (χ4v) is 2.93. The van der Waals surface area contributed by atoms with Gasteiger partial charge in [0.1, 0.15) is 0 Å². The van der Waals surface area contributed by atoms with Crippen LogP contribution in [0.2, 0.25) is 0 Å². The summed E-state index contributed by atoms with van der Waals surface area (Å²) in [4.78, 5) is 16.4. The Kier molecular flexibility index (Phi) is 3.26. The number of aromatic amines is 2. The second-order valence-electron chi connectivity index (χ2n) is 5.12. The zero-order valence-corrected chi connectivity index (χ0v) is 12.4. The predicted molar refractivity (Wildman–Crippen MR) is 76.4 cm³/mol. The average Bonchev–Trinajstić information content (AvgIpc) is 2.65. The van der Waals surface area contributed by atoms with Crippen molar-refractivity contribution < 1.29 is 8.42 Å². The highest BCUT2D eigenvalue weighted by Gasteiger charge is 2.38. The van der Waals surface area contributed by atoms with Crippen LogP contribution in [0.5, 0.6) is 0 Å². The second-order valence-corrected chi connectivity index (χ2v) is 8.16. The van der Waals surface area contributed by atoms with Crippen molar-refractivity contribution in [1.29, 1.82) is 0 Å². The number of sulfone groups is 1. The van der Waals surface area contributed by atoms with E-state index in [1.165, 1.54) is 6.26 Å². The van der Waals surface area contributed by atoms with Crippen LogP contribution in [0.1, 0.15) is 24.8 Å². The number of halogens is 1. The molecule has 0 bridgehead atoms. The molecule has 19 heavy (non-hydrogen) atoms. The molecule has 2 N–H and O–H groups in total. The normalized spacial score (nSPS) is 14.7. The maximum Gasteiger partial charge on any atom is 0.323 e. The number of rotatable bonds is 3. The van der Waals surface area contributed by atoms with E-state index < -0.39 is 20.0 Å². The molecule has 0 aliphatic rings. The molecule has 2 rings (SSSR count). The van der Waals surface area contributed by atoms with Crippen molar-refractivity contribution in [1.82, 2.24) is 9.97 Å². The highest BCUT2D eigenvalue weighted by Crippen LogP contribution is 2.38. The van der Waals surface area contributed by atoms with E-state index in [1.54, 1.807) is 32.0 Å². The minimum absolute atomic E-state index is 0.305. The molecular formula is C12H15ClN2O3S. The van der Waals surface area contributed by atoms with Crippen LogP contribution in [0.4, 0.5) is 0 Å². The van der Waals surface area contributed by atoms with E-state index in [-0.39, 0.29) is 5.69 Å². The third kappa shape index (κ3) is 2.42. The zero-order chi connectivity index (χ0) is 14.4. The smallest absolute Gasteiger partial charge is 0.306 e. The van der Waals surface area contributed by atoms with Gasteiger partial charge in [-0.25, -0.2) is 13.2 Å². The Hall–Kier alpha value is -1.27. The van der Waals surface area contributed by atoms with Crippen molar-refractivity contribution in [3.05, 3.63) is 34.2 Å². The third-order valence-electron chi connectivity index (χ3n) is 3.40. The van der Waals surface area contributed by atoms with Crippen LogP contribution in [-0.2, 0) is 9.84 Å². The van der Waals surface area contributed by atoms with E-state index in [4.69, 9.17) is 11.6 Å². The molecule has 1 unspecified atom stereocenters. The Morgan fingerprint density at radius 2 is 1.79 bits per heavy atom. The second kappa shape index (κ2) is 4.38. The van der Waals surface area contributed by atoms with Gasteiger partial charge in [0.15, 0.2) is 9.84 Å². The standard InChI is InChI=1S/C12H15ClN2O3S/c1-12(2,19(3,17)18)10(13)7-4-5-8-9(6-7)15-11(16)14-8/h4-6,10H,1-3H3,(H2,14,15,16). The molecule has 1 atom stereocenters. The van der Waals surface area contributed by atoms with Crippen molar-refractivity contribution in [2.75, 3.05) is 6.26 Å². The van der Waals surface area contributed by atoms with Gasteiger partial charge in [0.25, 0.3) is 0 Å². The van der Waals surface area contributed by atoms with Crippen molar-refractivity contribution in [3.8, 4) is 0 Å². The highest BCUT2D eigenvalue weighted by molar-refractivity contribution is 7.92. The van der Waals surface area contributed by atoms with Gasteiger partial charge in [-0.2, -0.15) is 0 Å². The summed E-state index contributed by atoms with van der Waals surface area (Å²) in [6.07, 6.45) is 1.17. The van der Waals surface area contributed by atoms with Gasteiger partial charge in [0.2, 0.25) is 0 Å². The summed E-state index contributed by atoms with van der Waals surface area (Å²) in [7, 11) is -3.31. The largest absolute Gasteiger partial charge is 0.323 e. The molecule has 1 aromatic heterocycles. The van der Waals surface area contributed by atoms with Crippen molar-refractivity contribution in [2.45, 2.75) is 24.0 Å². The van der Waals surface area contributed by atoms with Gasteiger partial charge in [0, 0.05) is 6.26 Å². The first kappa shape index (κ1) is 14.1. The number of hydrogen-bond acceptors (Lipinski definition) is 3. The Morgan fingerprint density at radius 1 is 1.21 bits per heavy atom. The van der Waals surface area contributed by atoms with E-state index in [0.29, 0.717) is 16.6 Å². The maximum atomic E-state index is 11.8. The van der Waals surface area contributed by atoms with E-state index in [0.717, 1.165) is 0 Å². The molecule has 0 saturated heterocycles. The Morgan fingerprint density at radius 3 is 2.37 bits per heavy atom. The number of imidazole rings is 1. The molecule has 0 aliphatic carbocycles. The predicted octanol–water partition coefficient (Wildman–Crippen LogP) is 1.96. The van der Waals surface area contributed by atoms with E-state index in [9.17, 15) is 13.2 Å². The monoisotopic (exact) mass is 302 g/mol. The molecule has 5 nitrogen and oxygen atoms in total. The number of hydrogen-bond donors (Lipinski definition) is 2. The van der Waals surface area contributed by atoms with Crippen LogP contribution >= 0.6 is 11.6 Å². The zero-order valence-electron chi connectivity index (χ0n) is 10.8. The van der Waals surface area contributed by atoms with Gasteiger partial charge < -0.3 is 9.97 Å². The summed E-state index contributed by atoms with van der Waals surface area (Å²) >= 11 is 6.31. The fraction of sp³-hybridized carbons (Fsp3) is 0.417. The summed E-state index contributed by atoms with van der Waals surface area (Å²) < 4.78 is 22.5. The molecule has 0 saturated carbocycles. The van der Waals surface area contributed by atoms with Gasteiger partial charge in [0.05, 0.1) is 21.2 Å². The van der Waals surface area contributed by atoms with Gasteiger partial charge in [-0.05, 0) is 31.5 Å². The van der Waals surface area contributed by atoms with Crippen LogP contribution < -0.4 is 5.69 Å². The van der Waals surface area contributed by atoms with Gasteiger partial charge in [-0.1, -0.05) is 6.07 Å². The number of alkyl halides is 1. The number of aromatic nitrogens is 2. The number of H-pyrrole nitrogens is 2. The lowest BCUT2D eigenvalue weighted by molar-refractivity contribution is 0.544. The molecule has 0 amide bonds. The number of fused-ring (bicyclic) bond motifs is 1. The SMILES string of the molecule is CC(C)(C(Cl)c1ccc2[nH]c(=O)[nH]c2c1)S(C)(=O)=O. The molecule has 0 fully saturated rings. The quantitative estimate of drug-likeness (QED) is 0.850. The Balaban J connectivity index is 2.52. The molecule has 0 aliphatic heterocycles. The number of nitrogens with one attached hydrogen (secondary N) is 2. The molecule has 1 aromatic carbocycles. The molecular weight excluding hydrogens is 288 g/mol. The van der Waals surface area contributed by atoms with Crippen LogP contribution in [-0.4, -0.2) is 29.4 Å². The van der Waals surface area contributed by atoms with Crippen LogP contribution in [0, 0.1) is 0 Å². The summed E-state index contributed by atoms with van der Waals surface area (Å²) in [6.45, 7) is 3.17. The average molecular weight is 303 g/mol. The Bertz CT molecular complexity index is 774. The van der Waals surface area contributed by atoms with Crippen molar-refractivity contribution in [3.63, 3.8) is 0 Å².